The van der Waals surface area contributed by atoms with E-state index in [2.05, 4.69) is 15.3 Å². The minimum Gasteiger partial charge on any atom is -0.495 e. The molecular weight excluding hydrogens is 262 g/mol. The standard InChI is InChI=1S/C13H13N3O2S/c1-18-11-6-3-2-5-10(11)16-12(17)9-19-13-14-7-4-8-15-13/h2-8H,9H2,1H3,(H,16,17). The summed E-state index contributed by atoms with van der Waals surface area (Å²) in [7, 11) is 1.57. The number of hydrogen-bond donors (Lipinski definition) is 1. The van der Waals surface area contributed by atoms with E-state index >= 15 is 0 Å². The lowest BCUT2D eigenvalue weighted by Crippen LogP contribution is -2.14. The highest BCUT2D eigenvalue weighted by Crippen LogP contribution is 2.23. The second-order valence-electron chi connectivity index (χ2n) is 3.57. The number of carbonyl (C=O) groups is 1. The number of rotatable bonds is 5. The van der Waals surface area contributed by atoms with Crippen molar-refractivity contribution >= 4 is 23.4 Å². The molecule has 0 atom stereocenters. The van der Waals surface area contributed by atoms with E-state index in [1.165, 1.54) is 11.8 Å². The van der Waals surface area contributed by atoms with Gasteiger partial charge in [-0.25, -0.2) is 9.97 Å². The molecule has 0 aliphatic heterocycles. The summed E-state index contributed by atoms with van der Waals surface area (Å²) in [5.41, 5.74) is 0.657. The van der Waals surface area contributed by atoms with Gasteiger partial charge in [0.2, 0.25) is 5.91 Å². The third-order valence-electron chi connectivity index (χ3n) is 2.26. The first-order chi connectivity index (χ1) is 9.29. The highest BCUT2D eigenvalue weighted by Gasteiger charge is 2.08. The van der Waals surface area contributed by atoms with Crippen LogP contribution in [-0.2, 0) is 4.79 Å². The SMILES string of the molecule is COc1ccccc1NC(=O)CSc1ncccn1. The largest absolute Gasteiger partial charge is 0.495 e. The topological polar surface area (TPSA) is 64.1 Å². The van der Waals surface area contributed by atoms with Crippen molar-refractivity contribution in [2.75, 3.05) is 18.2 Å². The lowest BCUT2D eigenvalue weighted by Gasteiger charge is -2.09. The molecule has 0 saturated carbocycles. The molecule has 0 spiro atoms. The van der Waals surface area contributed by atoms with Crippen LogP contribution in [0.1, 0.15) is 0 Å². The van der Waals surface area contributed by atoms with E-state index in [4.69, 9.17) is 4.74 Å². The molecule has 98 valence electrons. The van der Waals surface area contributed by atoms with Gasteiger partial charge in [0.05, 0.1) is 18.6 Å². The Hall–Kier alpha value is -2.08. The number of nitrogens with zero attached hydrogens (tertiary/aromatic N) is 2. The number of hydrogen-bond acceptors (Lipinski definition) is 5. The van der Waals surface area contributed by atoms with Crippen LogP contribution in [0.15, 0.2) is 47.9 Å². The summed E-state index contributed by atoms with van der Waals surface area (Å²) in [5.74, 6) is 0.765. The van der Waals surface area contributed by atoms with Gasteiger partial charge in [-0.15, -0.1) is 0 Å². The fourth-order valence-electron chi connectivity index (χ4n) is 1.42. The molecule has 2 aromatic rings. The number of ether oxygens (including phenoxy) is 1. The molecule has 0 fully saturated rings. The van der Waals surface area contributed by atoms with Gasteiger partial charge in [-0.1, -0.05) is 23.9 Å². The van der Waals surface area contributed by atoms with E-state index in [1.54, 1.807) is 37.7 Å². The van der Waals surface area contributed by atoms with Crippen LogP contribution in [0.2, 0.25) is 0 Å². The first-order valence-electron chi connectivity index (χ1n) is 5.62. The number of anilines is 1. The van der Waals surface area contributed by atoms with Crippen LogP contribution in [0, 0.1) is 0 Å². The number of amides is 1. The van der Waals surface area contributed by atoms with Crippen molar-refractivity contribution in [2.45, 2.75) is 5.16 Å². The Morgan fingerprint density at radius 3 is 2.74 bits per heavy atom. The fraction of sp³-hybridized carbons (Fsp3) is 0.154. The lowest BCUT2D eigenvalue weighted by molar-refractivity contribution is -0.113. The van der Waals surface area contributed by atoms with Crippen LogP contribution in [-0.4, -0.2) is 28.7 Å². The molecule has 1 amide bonds. The number of thioether (sulfide) groups is 1. The second kappa shape index (κ2) is 6.75. The average Bonchev–Trinajstić information content (AvgIpc) is 2.47. The molecule has 0 saturated heterocycles. The molecule has 0 aliphatic rings. The summed E-state index contributed by atoms with van der Waals surface area (Å²) in [6.07, 6.45) is 3.29. The minimum atomic E-state index is -0.123. The Morgan fingerprint density at radius 1 is 1.26 bits per heavy atom. The third-order valence-corrected chi connectivity index (χ3v) is 3.13. The Labute approximate surface area is 115 Å². The summed E-state index contributed by atoms with van der Waals surface area (Å²) < 4.78 is 5.16. The van der Waals surface area contributed by atoms with Crippen molar-refractivity contribution in [1.82, 2.24) is 9.97 Å². The Kier molecular flexibility index (Phi) is 4.74. The lowest BCUT2D eigenvalue weighted by atomic mass is 10.3. The van der Waals surface area contributed by atoms with Crippen LogP contribution in [0.25, 0.3) is 0 Å². The maximum absolute atomic E-state index is 11.8. The number of benzene rings is 1. The quantitative estimate of drug-likeness (QED) is 0.669. The molecule has 19 heavy (non-hydrogen) atoms. The number of methoxy groups -OCH3 is 1. The molecular formula is C13H13N3O2S. The zero-order chi connectivity index (χ0) is 13.5. The Balaban J connectivity index is 1.91. The van der Waals surface area contributed by atoms with Gasteiger partial charge in [0.15, 0.2) is 5.16 Å². The predicted octanol–water partition coefficient (Wildman–Crippen LogP) is 2.22. The molecule has 6 heteroatoms. The Morgan fingerprint density at radius 2 is 2.00 bits per heavy atom. The normalized spacial score (nSPS) is 9.95. The first-order valence-corrected chi connectivity index (χ1v) is 6.61. The molecule has 1 aromatic heterocycles. The summed E-state index contributed by atoms with van der Waals surface area (Å²) in [5, 5.41) is 3.37. The number of carbonyl (C=O) groups excluding carboxylic acids is 1. The Bertz CT molecular complexity index is 549. The number of nitrogens with one attached hydrogen (secondary N) is 1. The van der Waals surface area contributed by atoms with Crippen molar-refractivity contribution in [3.8, 4) is 5.75 Å². The van der Waals surface area contributed by atoms with Crippen molar-refractivity contribution in [1.29, 1.82) is 0 Å². The zero-order valence-electron chi connectivity index (χ0n) is 10.4. The fourth-order valence-corrected chi connectivity index (χ4v) is 2.03. The zero-order valence-corrected chi connectivity index (χ0v) is 11.2. The highest BCUT2D eigenvalue weighted by atomic mass is 32.2. The van der Waals surface area contributed by atoms with Crippen LogP contribution in [0.4, 0.5) is 5.69 Å². The monoisotopic (exact) mass is 275 g/mol. The molecule has 1 aromatic carbocycles. The van der Waals surface area contributed by atoms with Crippen LogP contribution >= 0.6 is 11.8 Å². The number of para-hydroxylation sites is 2. The number of aromatic nitrogens is 2. The highest BCUT2D eigenvalue weighted by molar-refractivity contribution is 7.99. The van der Waals surface area contributed by atoms with E-state index < -0.39 is 0 Å². The molecule has 1 N–H and O–H groups in total. The molecule has 1 heterocycles. The van der Waals surface area contributed by atoms with Gasteiger partial charge < -0.3 is 10.1 Å². The van der Waals surface area contributed by atoms with E-state index in [1.807, 2.05) is 12.1 Å². The average molecular weight is 275 g/mol. The van der Waals surface area contributed by atoms with E-state index in [9.17, 15) is 4.79 Å². The van der Waals surface area contributed by atoms with Gasteiger partial charge in [-0.2, -0.15) is 0 Å². The second-order valence-corrected chi connectivity index (χ2v) is 4.51. The first kappa shape index (κ1) is 13.4. The molecule has 0 unspecified atom stereocenters. The molecule has 5 nitrogen and oxygen atoms in total. The maximum atomic E-state index is 11.8. The van der Waals surface area contributed by atoms with Crippen molar-refractivity contribution < 1.29 is 9.53 Å². The van der Waals surface area contributed by atoms with Crippen LogP contribution < -0.4 is 10.1 Å². The molecule has 0 bridgehead atoms. The van der Waals surface area contributed by atoms with Gasteiger partial charge in [0.25, 0.3) is 0 Å². The van der Waals surface area contributed by atoms with Gasteiger partial charge in [0, 0.05) is 12.4 Å². The minimum absolute atomic E-state index is 0.123. The van der Waals surface area contributed by atoms with Gasteiger partial charge in [-0.05, 0) is 18.2 Å². The molecule has 0 aliphatic carbocycles. The molecule has 0 radical (unpaired) electrons. The summed E-state index contributed by atoms with van der Waals surface area (Å²) in [6.45, 7) is 0. The summed E-state index contributed by atoms with van der Waals surface area (Å²) in [4.78, 5) is 19.9. The van der Waals surface area contributed by atoms with E-state index in [0.717, 1.165) is 0 Å². The van der Waals surface area contributed by atoms with Crippen molar-refractivity contribution in [2.24, 2.45) is 0 Å². The third kappa shape index (κ3) is 3.96. The van der Waals surface area contributed by atoms with Gasteiger partial charge in [0.1, 0.15) is 5.75 Å². The maximum Gasteiger partial charge on any atom is 0.234 e. The van der Waals surface area contributed by atoms with Gasteiger partial charge >= 0.3 is 0 Å². The smallest absolute Gasteiger partial charge is 0.234 e. The van der Waals surface area contributed by atoms with Crippen LogP contribution in [0.5, 0.6) is 5.75 Å². The van der Waals surface area contributed by atoms with E-state index in [0.29, 0.717) is 16.6 Å². The summed E-state index contributed by atoms with van der Waals surface area (Å²) in [6, 6.07) is 9.01. The van der Waals surface area contributed by atoms with Crippen molar-refractivity contribution in [3.63, 3.8) is 0 Å². The van der Waals surface area contributed by atoms with Gasteiger partial charge in [-0.3, -0.25) is 4.79 Å². The molecule has 2 rings (SSSR count). The van der Waals surface area contributed by atoms with Crippen molar-refractivity contribution in [3.05, 3.63) is 42.7 Å². The van der Waals surface area contributed by atoms with Crippen LogP contribution in [0.3, 0.4) is 0 Å². The van der Waals surface area contributed by atoms with E-state index in [-0.39, 0.29) is 11.7 Å². The predicted molar refractivity (Wildman–Crippen MR) is 74.4 cm³/mol. The summed E-state index contributed by atoms with van der Waals surface area (Å²) >= 11 is 1.29.